The molecule has 32 heavy (non-hydrogen) atoms. The van der Waals surface area contributed by atoms with Crippen molar-refractivity contribution in [1.82, 2.24) is 15.6 Å². The fourth-order valence-corrected chi connectivity index (χ4v) is 3.81. The lowest BCUT2D eigenvalue weighted by Crippen LogP contribution is -2.44. The molecule has 1 fully saturated rings. The van der Waals surface area contributed by atoms with Gasteiger partial charge in [-0.05, 0) is 62.9 Å². The number of nitrogens with one attached hydrogen (secondary N) is 2. The number of guanidine groups is 1. The average Bonchev–Trinajstić information content (AvgIpc) is 3.25. The molecule has 3 rings (SSSR count). The summed E-state index contributed by atoms with van der Waals surface area (Å²) in [5, 5.41) is 6.80. The van der Waals surface area contributed by atoms with Crippen LogP contribution in [0.4, 0.5) is 10.2 Å². The lowest BCUT2D eigenvalue weighted by atomic mass is 10.1. The quantitative estimate of drug-likeness (QED) is 0.333. The van der Waals surface area contributed by atoms with Crippen LogP contribution in [0.1, 0.15) is 32.3 Å². The number of hydrogen-bond donors (Lipinski definition) is 2. The summed E-state index contributed by atoms with van der Waals surface area (Å²) in [7, 11) is 1.65. The third-order valence-electron chi connectivity index (χ3n) is 5.33. The van der Waals surface area contributed by atoms with Gasteiger partial charge in [0.1, 0.15) is 0 Å². The Labute approximate surface area is 190 Å². The van der Waals surface area contributed by atoms with Crippen molar-refractivity contribution in [3.8, 4) is 11.5 Å². The number of methoxy groups -OCH3 is 1. The van der Waals surface area contributed by atoms with Gasteiger partial charge in [0.05, 0.1) is 13.7 Å². The highest BCUT2D eigenvalue weighted by Gasteiger charge is 2.25. The maximum atomic E-state index is 14.0. The highest BCUT2D eigenvalue weighted by molar-refractivity contribution is 5.80. The predicted molar refractivity (Wildman–Crippen MR) is 126 cm³/mol. The summed E-state index contributed by atoms with van der Waals surface area (Å²) in [5.41, 5.74) is 1.20. The number of aromatic nitrogens is 1. The zero-order valence-corrected chi connectivity index (χ0v) is 19.2. The van der Waals surface area contributed by atoms with Crippen molar-refractivity contribution in [2.45, 2.75) is 39.2 Å². The van der Waals surface area contributed by atoms with E-state index in [0.717, 1.165) is 49.8 Å². The van der Waals surface area contributed by atoms with E-state index in [1.165, 1.54) is 11.6 Å². The molecule has 0 saturated carbocycles. The number of aliphatic imine (C=N–C) groups is 1. The first-order valence-corrected chi connectivity index (χ1v) is 11.3. The summed E-state index contributed by atoms with van der Waals surface area (Å²) in [6.45, 7) is 7.58. The molecule has 1 aliphatic rings. The molecule has 0 radical (unpaired) electrons. The maximum Gasteiger partial charge on any atom is 0.191 e. The third kappa shape index (κ3) is 6.48. The molecule has 2 heterocycles. The fourth-order valence-electron chi connectivity index (χ4n) is 3.81. The standard InChI is InChI=1S/C24H34FN5O2/c1-4-26-24(29-19-12-15-30(17-19)23-20(25)9-7-13-27-23)28-14-6-8-18-10-11-21(31-3)22(16-18)32-5-2/h7,9-11,13,16,19H,4-6,8,12,14-15,17H2,1-3H3,(H2,26,28,29). The van der Waals surface area contributed by atoms with Crippen molar-refractivity contribution < 1.29 is 13.9 Å². The van der Waals surface area contributed by atoms with Crippen molar-refractivity contribution in [1.29, 1.82) is 0 Å². The van der Waals surface area contributed by atoms with Crippen LogP contribution in [-0.2, 0) is 6.42 Å². The van der Waals surface area contributed by atoms with Crippen molar-refractivity contribution in [3.63, 3.8) is 0 Å². The second-order valence-corrected chi connectivity index (χ2v) is 7.67. The van der Waals surface area contributed by atoms with Crippen LogP contribution in [0.2, 0.25) is 0 Å². The molecule has 174 valence electrons. The third-order valence-corrected chi connectivity index (χ3v) is 5.33. The summed E-state index contributed by atoms with van der Waals surface area (Å²) in [5.74, 6) is 2.47. The van der Waals surface area contributed by atoms with E-state index in [1.54, 1.807) is 19.4 Å². The van der Waals surface area contributed by atoms with E-state index in [1.807, 2.05) is 30.9 Å². The normalized spacial score (nSPS) is 16.2. The van der Waals surface area contributed by atoms with E-state index in [0.29, 0.717) is 25.5 Å². The highest BCUT2D eigenvalue weighted by Crippen LogP contribution is 2.28. The number of nitrogens with zero attached hydrogens (tertiary/aromatic N) is 3. The summed E-state index contributed by atoms with van der Waals surface area (Å²) >= 11 is 0. The van der Waals surface area contributed by atoms with Crippen LogP contribution in [0.3, 0.4) is 0 Å². The Morgan fingerprint density at radius 1 is 1.28 bits per heavy atom. The van der Waals surface area contributed by atoms with Crippen molar-refractivity contribution in [2.24, 2.45) is 4.99 Å². The largest absolute Gasteiger partial charge is 0.493 e. The summed E-state index contributed by atoms with van der Waals surface area (Å²) in [4.78, 5) is 10.9. The van der Waals surface area contributed by atoms with Gasteiger partial charge < -0.3 is 25.0 Å². The van der Waals surface area contributed by atoms with Gasteiger partial charge in [-0.1, -0.05) is 6.07 Å². The first-order valence-electron chi connectivity index (χ1n) is 11.3. The van der Waals surface area contributed by atoms with E-state index in [2.05, 4.69) is 21.7 Å². The number of aryl methyl sites for hydroxylation is 1. The smallest absolute Gasteiger partial charge is 0.191 e. The van der Waals surface area contributed by atoms with Gasteiger partial charge >= 0.3 is 0 Å². The number of rotatable bonds is 10. The molecule has 0 amide bonds. The Morgan fingerprint density at radius 2 is 2.16 bits per heavy atom. The van der Waals surface area contributed by atoms with Gasteiger partial charge in [-0.3, -0.25) is 4.99 Å². The molecule has 7 nitrogen and oxygen atoms in total. The number of ether oxygens (including phenoxy) is 2. The fraction of sp³-hybridized carbons (Fsp3) is 0.500. The lowest BCUT2D eigenvalue weighted by molar-refractivity contribution is 0.310. The van der Waals surface area contributed by atoms with Crippen LogP contribution in [0.5, 0.6) is 11.5 Å². The maximum absolute atomic E-state index is 14.0. The molecule has 2 N–H and O–H groups in total. The molecule has 1 aliphatic heterocycles. The second kappa shape index (κ2) is 12.1. The van der Waals surface area contributed by atoms with Crippen molar-refractivity contribution in [3.05, 3.63) is 47.9 Å². The van der Waals surface area contributed by atoms with Gasteiger partial charge in [0.2, 0.25) is 0 Å². The number of halogens is 1. The Kier molecular flexibility index (Phi) is 8.95. The van der Waals surface area contributed by atoms with E-state index in [-0.39, 0.29) is 11.9 Å². The summed E-state index contributed by atoms with van der Waals surface area (Å²) in [6.07, 6.45) is 4.37. The molecule has 1 atom stereocenters. The summed E-state index contributed by atoms with van der Waals surface area (Å²) in [6, 6.07) is 9.33. The number of anilines is 1. The molecule has 1 unspecified atom stereocenters. The molecule has 8 heteroatoms. The topological polar surface area (TPSA) is 71.0 Å². The Hall–Kier alpha value is -3.03. The van der Waals surface area contributed by atoms with Crippen LogP contribution in [0.25, 0.3) is 0 Å². The van der Waals surface area contributed by atoms with Gasteiger partial charge in [-0.25, -0.2) is 9.37 Å². The molecule has 1 aromatic heterocycles. The van der Waals surface area contributed by atoms with E-state index < -0.39 is 0 Å². The van der Waals surface area contributed by atoms with Crippen LogP contribution in [0, 0.1) is 5.82 Å². The van der Waals surface area contributed by atoms with Gasteiger partial charge in [0.15, 0.2) is 29.1 Å². The number of pyridine rings is 1. The minimum absolute atomic E-state index is 0.199. The van der Waals surface area contributed by atoms with Crippen LogP contribution >= 0.6 is 0 Å². The van der Waals surface area contributed by atoms with Gasteiger partial charge in [-0.2, -0.15) is 0 Å². The molecule has 2 aromatic rings. The predicted octanol–water partition coefficient (Wildman–Crippen LogP) is 3.39. The van der Waals surface area contributed by atoms with Gasteiger partial charge in [0.25, 0.3) is 0 Å². The Balaban J connectivity index is 1.51. The number of benzene rings is 1. The van der Waals surface area contributed by atoms with Crippen molar-refractivity contribution >= 4 is 11.8 Å². The van der Waals surface area contributed by atoms with Gasteiger partial charge in [0, 0.05) is 38.4 Å². The highest BCUT2D eigenvalue weighted by atomic mass is 19.1. The molecule has 1 aromatic carbocycles. The van der Waals surface area contributed by atoms with E-state index >= 15 is 0 Å². The van der Waals surface area contributed by atoms with Crippen molar-refractivity contribution in [2.75, 3.05) is 44.8 Å². The first kappa shape index (κ1) is 23.6. The second-order valence-electron chi connectivity index (χ2n) is 7.67. The Morgan fingerprint density at radius 3 is 2.91 bits per heavy atom. The summed E-state index contributed by atoms with van der Waals surface area (Å²) < 4.78 is 25.0. The van der Waals surface area contributed by atoms with Crippen LogP contribution < -0.4 is 25.0 Å². The zero-order valence-electron chi connectivity index (χ0n) is 19.2. The minimum Gasteiger partial charge on any atom is -0.493 e. The number of hydrogen-bond acceptors (Lipinski definition) is 5. The SMILES string of the molecule is CCNC(=NCCCc1ccc(OC)c(OCC)c1)NC1CCN(c2ncccc2F)C1. The minimum atomic E-state index is -0.278. The van der Waals surface area contributed by atoms with Gasteiger partial charge in [-0.15, -0.1) is 0 Å². The van der Waals surface area contributed by atoms with E-state index in [4.69, 9.17) is 14.5 Å². The molecule has 0 bridgehead atoms. The lowest BCUT2D eigenvalue weighted by Gasteiger charge is -2.20. The molecular formula is C24H34FN5O2. The molecule has 0 aliphatic carbocycles. The molecule has 1 saturated heterocycles. The molecule has 0 spiro atoms. The van der Waals surface area contributed by atoms with E-state index in [9.17, 15) is 4.39 Å². The van der Waals surface area contributed by atoms with Crippen LogP contribution in [-0.4, -0.2) is 56.9 Å². The molecular weight excluding hydrogens is 409 g/mol. The average molecular weight is 444 g/mol. The first-order chi connectivity index (χ1) is 15.6. The zero-order chi connectivity index (χ0) is 22.8. The van der Waals surface area contributed by atoms with Crippen LogP contribution in [0.15, 0.2) is 41.5 Å². The monoisotopic (exact) mass is 443 g/mol. The Bertz CT molecular complexity index is 892.